The molecule has 0 aliphatic rings. The number of benzene rings is 1. The van der Waals surface area contributed by atoms with Crippen LogP contribution in [0.3, 0.4) is 0 Å². The van der Waals surface area contributed by atoms with Crippen LogP contribution in [0.25, 0.3) is 10.9 Å². The Morgan fingerprint density at radius 3 is 2.76 bits per heavy atom. The number of carbonyl (C=O) groups excluding carboxylic acids is 1. The van der Waals surface area contributed by atoms with Crippen LogP contribution in [0.2, 0.25) is 0 Å². The SMILES string of the molecule is Cc1c(S(=O)O)cc(C(=O)NC(C)c2cccc3ncccc23)n1C. The molecular formula is C18H19N3O3S. The molecule has 0 saturated carbocycles. The second-order valence-electron chi connectivity index (χ2n) is 5.90. The Labute approximate surface area is 148 Å². The number of nitrogens with one attached hydrogen (secondary N) is 1. The van der Waals surface area contributed by atoms with Crippen molar-refractivity contribution in [2.75, 3.05) is 0 Å². The third kappa shape index (κ3) is 3.20. The fourth-order valence-electron chi connectivity index (χ4n) is 2.92. The molecule has 2 aromatic heterocycles. The normalized spacial score (nSPS) is 13.6. The molecule has 25 heavy (non-hydrogen) atoms. The van der Waals surface area contributed by atoms with Gasteiger partial charge in [0.05, 0.1) is 16.5 Å². The second kappa shape index (κ2) is 6.78. The minimum Gasteiger partial charge on any atom is -0.344 e. The zero-order chi connectivity index (χ0) is 18.1. The van der Waals surface area contributed by atoms with Crippen LogP contribution in [-0.4, -0.2) is 24.2 Å². The molecule has 2 N–H and O–H groups in total. The number of hydrogen-bond donors (Lipinski definition) is 2. The van der Waals surface area contributed by atoms with E-state index in [9.17, 15) is 13.6 Å². The molecular weight excluding hydrogens is 338 g/mol. The first-order valence-corrected chi connectivity index (χ1v) is 8.92. The highest BCUT2D eigenvalue weighted by Gasteiger charge is 2.20. The van der Waals surface area contributed by atoms with Gasteiger partial charge in [0.15, 0.2) is 11.1 Å². The van der Waals surface area contributed by atoms with E-state index in [4.69, 9.17) is 0 Å². The maximum Gasteiger partial charge on any atom is 0.268 e. The lowest BCUT2D eigenvalue weighted by molar-refractivity contribution is 0.0931. The lowest BCUT2D eigenvalue weighted by Crippen LogP contribution is -2.28. The highest BCUT2D eigenvalue weighted by molar-refractivity contribution is 7.79. The number of nitrogens with zero attached hydrogens (tertiary/aromatic N) is 2. The molecule has 7 heteroatoms. The molecule has 2 heterocycles. The summed E-state index contributed by atoms with van der Waals surface area (Å²) in [5.74, 6) is -0.296. The molecule has 1 aromatic carbocycles. The monoisotopic (exact) mass is 357 g/mol. The Kier molecular flexibility index (Phi) is 4.69. The van der Waals surface area contributed by atoms with E-state index in [-0.39, 0.29) is 16.8 Å². The van der Waals surface area contributed by atoms with Gasteiger partial charge in [-0.3, -0.25) is 9.78 Å². The van der Waals surface area contributed by atoms with Crippen molar-refractivity contribution in [3.63, 3.8) is 0 Å². The quantitative estimate of drug-likeness (QED) is 0.703. The molecule has 0 bridgehead atoms. The maximum absolute atomic E-state index is 12.6. The summed E-state index contributed by atoms with van der Waals surface area (Å²) in [5, 5.41) is 3.94. The van der Waals surface area contributed by atoms with E-state index in [2.05, 4.69) is 10.3 Å². The van der Waals surface area contributed by atoms with Crippen LogP contribution in [0.15, 0.2) is 47.5 Å². The predicted molar refractivity (Wildman–Crippen MR) is 96.8 cm³/mol. The van der Waals surface area contributed by atoms with Crippen LogP contribution in [0.1, 0.15) is 34.7 Å². The van der Waals surface area contributed by atoms with Gasteiger partial charge >= 0.3 is 0 Å². The molecule has 0 saturated heterocycles. The topological polar surface area (TPSA) is 84.2 Å². The zero-order valence-electron chi connectivity index (χ0n) is 14.2. The summed E-state index contributed by atoms with van der Waals surface area (Å²) in [7, 11) is 1.70. The Morgan fingerprint density at radius 1 is 1.32 bits per heavy atom. The van der Waals surface area contributed by atoms with E-state index >= 15 is 0 Å². The Bertz CT molecular complexity index is 976. The molecule has 0 aliphatic heterocycles. The van der Waals surface area contributed by atoms with Gasteiger partial charge in [0.2, 0.25) is 0 Å². The van der Waals surface area contributed by atoms with Crippen LogP contribution in [0, 0.1) is 6.92 Å². The van der Waals surface area contributed by atoms with E-state index in [1.165, 1.54) is 6.07 Å². The number of fused-ring (bicyclic) bond motifs is 1. The fourth-order valence-corrected chi connectivity index (χ4v) is 3.52. The first kappa shape index (κ1) is 17.3. The van der Waals surface area contributed by atoms with E-state index in [0.717, 1.165) is 16.5 Å². The van der Waals surface area contributed by atoms with Crippen LogP contribution < -0.4 is 5.32 Å². The van der Waals surface area contributed by atoms with Crippen molar-refractivity contribution in [1.29, 1.82) is 0 Å². The smallest absolute Gasteiger partial charge is 0.268 e. The largest absolute Gasteiger partial charge is 0.344 e. The summed E-state index contributed by atoms with van der Waals surface area (Å²) in [6, 6.07) is 10.9. The summed E-state index contributed by atoms with van der Waals surface area (Å²) in [6.07, 6.45) is 1.73. The average molecular weight is 357 g/mol. The van der Waals surface area contributed by atoms with Crippen molar-refractivity contribution in [2.24, 2.45) is 7.05 Å². The predicted octanol–water partition coefficient (Wildman–Crippen LogP) is 2.95. The van der Waals surface area contributed by atoms with Crippen molar-refractivity contribution in [2.45, 2.75) is 24.8 Å². The summed E-state index contributed by atoms with van der Waals surface area (Å²) in [4.78, 5) is 17.2. The summed E-state index contributed by atoms with van der Waals surface area (Å²) in [6.45, 7) is 3.61. The molecule has 0 spiro atoms. The van der Waals surface area contributed by atoms with Crippen molar-refractivity contribution >= 4 is 27.9 Å². The minimum absolute atomic E-state index is 0.237. The lowest BCUT2D eigenvalue weighted by atomic mass is 10.0. The summed E-state index contributed by atoms with van der Waals surface area (Å²) >= 11 is -2.12. The first-order chi connectivity index (χ1) is 11.9. The van der Waals surface area contributed by atoms with Gasteiger partial charge in [-0.1, -0.05) is 18.2 Å². The van der Waals surface area contributed by atoms with Crippen LogP contribution in [0.5, 0.6) is 0 Å². The second-order valence-corrected chi connectivity index (χ2v) is 6.84. The van der Waals surface area contributed by atoms with Gasteiger partial charge in [-0.05, 0) is 37.6 Å². The van der Waals surface area contributed by atoms with Crippen molar-refractivity contribution < 1.29 is 13.6 Å². The van der Waals surface area contributed by atoms with Gasteiger partial charge < -0.3 is 14.4 Å². The number of aromatic nitrogens is 2. The van der Waals surface area contributed by atoms with Crippen molar-refractivity contribution in [1.82, 2.24) is 14.9 Å². The van der Waals surface area contributed by atoms with Crippen molar-refractivity contribution in [3.05, 3.63) is 59.5 Å². The van der Waals surface area contributed by atoms with Crippen molar-refractivity contribution in [3.8, 4) is 0 Å². The molecule has 0 radical (unpaired) electrons. The molecule has 2 unspecified atom stereocenters. The third-order valence-electron chi connectivity index (χ3n) is 4.40. The number of amides is 1. The summed E-state index contributed by atoms with van der Waals surface area (Å²) in [5.41, 5.74) is 2.78. The van der Waals surface area contributed by atoms with Gasteiger partial charge in [-0.25, -0.2) is 4.21 Å². The fraction of sp³-hybridized carbons (Fsp3) is 0.222. The van der Waals surface area contributed by atoms with Crippen LogP contribution >= 0.6 is 0 Å². The molecule has 3 rings (SSSR count). The number of carbonyl (C=O) groups is 1. The maximum atomic E-state index is 12.6. The Hall–Kier alpha value is -2.51. The van der Waals surface area contributed by atoms with E-state index < -0.39 is 11.1 Å². The number of pyridine rings is 1. The summed E-state index contributed by atoms with van der Waals surface area (Å²) < 4.78 is 22.3. The molecule has 0 aliphatic carbocycles. The molecule has 2 atom stereocenters. The highest BCUT2D eigenvalue weighted by Crippen LogP contribution is 2.24. The van der Waals surface area contributed by atoms with Crippen LogP contribution in [-0.2, 0) is 18.1 Å². The molecule has 130 valence electrons. The van der Waals surface area contributed by atoms with Gasteiger partial charge in [0, 0.05) is 24.3 Å². The average Bonchev–Trinajstić information content (AvgIpc) is 2.90. The van der Waals surface area contributed by atoms with E-state index in [1.807, 2.05) is 37.3 Å². The zero-order valence-corrected chi connectivity index (χ0v) is 15.0. The Morgan fingerprint density at radius 2 is 2.08 bits per heavy atom. The van der Waals surface area contributed by atoms with Crippen LogP contribution in [0.4, 0.5) is 0 Å². The first-order valence-electron chi connectivity index (χ1n) is 7.82. The lowest BCUT2D eigenvalue weighted by Gasteiger charge is -2.16. The highest BCUT2D eigenvalue weighted by atomic mass is 32.2. The van der Waals surface area contributed by atoms with Gasteiger partial charge in [0.1, 0.15) is 5.69 Å². The molecule has 0 fully saturated rings. The molecule has 6 nitrogen and oxygen atoms in total. The molecule has 1 amide bonds. The van der Waals surface area contributed by atoms with E-state index in [0.29, 0.717) is 11.4 Å². The minimum atomic E-state index is -2.12. The van der Waals surface area contributed by atoms with Gasteiger partial charge in [-0.2, -0.15) is 0 Å². The number of hydrogen-bond acceptors (Lipinski definition) is 3. The standard InChI is InChI=1S/C18H19N3O3S/c1-11(13-6-4-8-15-14(13)7-5-9-19-15)20-18(22)16-10-17(25(23)24)12(2)21(16)3/h4-11H,1-3H3,(H,20,22)(H,23,24). The molecule has 3 aromatic rings. The van der Waals surface area contributed by atoms with Gasteiger partial charge in [-0.15, -0.1) is 0 Å². The van der Waals surface area contributed by atoms with Gasteiger partial charge in [0.25, 0.3) is 5.91 Å². The number of rotatable bonds is 4. The van der Waals surface area contributed by atoms with E-state index in [1.54, 1.807) is 24.7 Å². The Balaban J connectivity index is 1.90. The third-order valence-corrected chi connectivity index (χ3v) is 5.19.